The summed E-state index contributed by atoms with van der Waals surface area (Å²) in [5, 5.41) is 2.98. The van der Waals surface area contributed by atoms with Gasteiger partial charge in [-0.15, -0.1) is 4.40 Å². The zero-order valence-electron chi connectivity index (χ0n) is 14.9. The van der Waals surface area contributed by atoms with Gasteiger partial charge in [0.05, 0.1) is 11.3 Å². The fourth-order valence-corrected chi connectivity index (χ4v) is 4.01. The van der Waals surface area contributed by atoms with Gasteiger partial charge in [0.2, 0.25) is 0 Å². The molecule has 0 fully saturated rings. The first-order valence-electron chi connectivity index (χ1n) is 8.53. The van der Waals surface area contributed by atoms with Gasteiger partial charge in [-0.1, -0.05) is 42.0 Å². The first-order valence-corrected chi connectivity index (χ1v) is 9.97. The third-order valence-corrected chi connectivity index (χ3v) is 5.60. The SMILES string of the molecule is Cc1ccc(C(=O)Oc2ccccc2NC2=NS(=O)(=O)c3ccccc32)cc1. The van der Waals surface area contributed by atoms with E-state index in [9.17, 15) is 13.2 Å². The monoisotopic (exact) mass is 392 g/mol. The number of sulfonamides is 1. The van der Waals surface area contributed by atoms with Crippen molar-refractivity contribution in [2.75, 3.05) is 5.32 Å². The molecule has 0 atom stereocenters. The van der Waals surface area contributed by atoms with Gasteiger partial charge in [0.15, 0.2) is 11.6 Å². The number of aryl methyl sites for hydroxylation is 1. The molecule has 0 aromatic heterocycles. The van der Waals surface area contributed by atoms with Crippen molar-refractivity contribution in [2.24, 2.45) is 4.40 Å². The topological polar surface area (TPSA) is 84.8 Å². The molecule has 0 saturated carbocycles. The van der Waals surface area contributed by atoms with E-state index in [2.05, 4.69) is 9.71 Å². The Bertz CT molecular complexity index is 1200. The molecule has 1 aliphatic heterocycles. The highest BCUT2D eigenvalue weighted by molar-refractivity contribution is 7.90. The van der Waals surface area contributed by atoms with Crippen molar-refractivity contribution in [1.82, 2.24) is 0 Å². The van der Waals surface area contributed by atoms with Crippen molar-refractivity contribution < 1.29 is 17.9 Å². The zero-order chi connectivity index (χ0) is 19.7. The van der Waals surface area contributed by atoms with Gasteiger partial charge < -0.3 is 10.1 Å². The number of nitrogens with one attached hydrogen (secondary N) is 1. The molecule has 1 heterocycles. The Morgan fingerprint density at radius 3 is 2.39 bits per heavy atom. The normalized spacial score (nSPS) is 14.1. The predicted molar refractivity (Wildman–Crippen MR) is 106 cm³/mol. The molecular weight excluding hydrogens is 376 g/mol. The van der Waals surface area contributed by atoms with E-state index in [1.165, 1.54) is 6.07 Å². The maximum atomic E-state index is 12.4. The van der Waals surface area contributed by atoms with E-state index in [0.717, 1.165) is 5.56 Å². The highest BCUT2D eigenvalue weighted by Crippen LogP contribution is 2.30. The Hall–Kier alpha value is -3.45. The molecule has 0 spiro atoms. The highest BCUT2D eigenvalue weighted by Gasteiger charge is 2.29. The van der Waals surface area contributed by atoms with Crippen LogP contribution in [0.3, 0.4) is 0 Å². The number of hydrogen-bond donors (Lipinski definition) is 1. The Balaban J connectivity index is 1.63. The van der Waals surface area contributed by atoms with Crippen molar-refractivity contribution in [1.29, 1.82) is 0 Å². The van der Waals surface area contributed by atoms with Crippen molar-refractivity contribution in [3.8, 4) is 5.75 Å². The standard InChI is InChI=1S/C21H16N2O4S/c1-14-10-12-15(13-11-14)21(24)27-18-8-4-3-7-17(18)22-20-16-6-2-5-9-19(16)28(25,26)23-20/h2-13H,1H3,(H,22,23). The lowest BCUT2D eigenvalue weighted by atomic mass is 10.1. The van der Waals surface area contributed by atoms with Gasteiger partial charge >= 0.3 is 5.97 Å². The minimum atomic E-state index is -3.74. The van der Waals surface area contributed by atoms with Gasteiger partial charge in [-0.05, 0) is 43.3 Å². The summed E-state index contributed by atoms with van der Waals surface area (Å²) in [5.41, 5.74) is 2.38. The number of benzene rings is 3. The summed E-state index contributed by atoms with van der Waals surface area (Å²) in [6.07, 6.45) is 0. The summed E-state index contributed by atoms with van der Waals surface area (Å²) >= 11 is 0. The van der Waals surface area contributed by atoms with Crippen LogP contribution in [0.4, 0.5) is 5.69 Å². The van der Waals surface area contributed by atoms with Crippen LogP contribution in [0, 0.1) is 6.92 Å². The molecule has 3 aromatic rings. The summed E-state index contributed by atoms with van der Waals surface area (Å²) in [6, 6.07) is 20.4. The van der Waals surface area contributed by atoms with Crippen LogP contribution in [-0.4, -0.2) is 20.2 Å². The number of fused-ring (bicyclic) bond motifs is 1. The highest BCUT2D eigenvalue weighted by atomic mass is 32.2. The minimum absolute atomic E-state index is 0.145. The van der Waals surface area contributed by atoms with E-state index in [-0.39, 0.29) is 16.5 Å². The first-order chi connectivity index (χ1) is 13.4. The van der Waals surface area contributed by atoms with Gasteiger partial charge in [0, 0.05) is 5.56 Å². The third-order valence-electron chi connectivity index (χ3n) is 4.26. The van der Waals surface area contributed by atoms with Crippen LogP contribution in [-0.2, 0) is 10.0 Å². The van der Waals surface area contributed by atoms with E-state index in [0.29, 0.717) is 16.8 Å². The van der Waals surface area contributed by atoms with Crippen LogP contribution in [0.15, 0.2) is 82.1 Å². The number of carbonyl (C=O) groups is 1. The minimum Gasteiger partial charge on any atom is -0.421 e. The van der Waals surface area contributed by atoms with Gasteiger partial charge in [-0.25, -0.2) is 4.79 Å². The zero-order valence-corrected chi connectivity index (χ0v) is 15.7. The van der Waals surface area contributed by atoms with E-state index in [1.54, 1.807) is 54.6 Å². The number of nitrogens with zero attached hydrogens (tertiary/aromatic N) is 1. The summed E-state index contributed by atoms with van der Waals surface area (Å²) in [5.74, 6) is -0.0392. The summed E-state index contributed by atoms with van der Waals surface area (Å²) in [7, 11) is -3.74. The second-order valence-electron chi connectivity index (χ2n) is 6.29. The molecule has 0 saturated heterocycles. The lowest BCUT2D eigenvalue weighted by molar-refractivity contribution is 0.0736. The molecule has 0 amide bonds. The largest absolute Gasteiger partial charge is 0.421 e. The van der Waals surface area contributed by atoms with Gasteiger partial charge in [0.1, 0.15) is 4.90 Å². The molecule has 1 aliphatic rings. The van der Waals surface area contributed by atoms with E-state index >= 15 is 0 Å². The molecule has 140 valence electrons. The lowest BCUT2D eigenvalue weighted by Crippen LogP contribution is -2.14. The summed E-state index contributed by atoms with van der Waals surface area (Å²) in [4.78, 5) is 12.6. The van der Waals surface area contributed by atoms with Gasteiger partial charge in [-0.2, -0.15) is 8.42 Å². The molecule has 28 heavy (non-hydrogen) atoms. The fourth-order valence-electron chi connectivity index (χ4n) is 2.83. The quantitative estimate of drug-likeness (QED) is 0.542. The maximum absolute atomic E-state index is 12.4. The summed E-state index contributed by atoms with van der Waals surface area (Å²) < 4.78 is 33.8. The lowest BCUT2D eigenvalue weighted by Gasteiger charge is -2.12. The third kappa shape index (κ3) is 3.39. The molecule has 4 rings (SSSR count). The van der Waals surface area contributed by atoms with E-state index < -0.39 is 16.0 Å². The van der Waals surface area contributed by atoms with Gasteiger partial charge in [-0.3, -0.25) is 0 Å². The van der Waals surface area contributed by atoms with Gasteiger partial charge in [0.25, 0.3) is 10.0 Å². The van der Waals surface area contributed by atoms with Crippen LogP contribution in [0.1, 0.15) is 21.5 Å². The van der Waals surface area contributed by atoms with Crippen LogP contribution in [0.2, 0.25) is 0 Å². The molecule has 0 radical (unpaired) electrons. The Labute approximate surface area is 162 Å². The number of carbonyl (C=O) groups excluding carboxylic acids is 1. The fraction of sp³-hybridized carbons (Fsp3) is 0.0476. The van der Waals surface area contributed by atoms with Crippen LogP contribution in [0.5, 0.6) is 5.75 Å². The molecule has 3 aromatic carbocycles. The van der Waals surface area contributed by atoms with Crippen molar-refractivity contribution in [3.63, 3.8) is 0 Å². The number of ether oxygens (including phenoxy) is 1. The smallest absolute Gasteiger partial charge is 0.343 e. The summed E-state index contributed by atoms with van der Waals surface area (Å²) in [6.45, 7) is 1.93. The second-order valence-corrected chi connectivity index (χ2v) is 7.86. The average Bonchev–Trinajstić information content (AvgIpc) is 2.94. The number of esters is 1. The molecule has 1 N–H and O–H groups in total. The number of anilines is 1. The van der Waals surface area contributed by atoms with Crippen LogP contribution in [0.25, 0.3) is 0 Å². The van der Waals surface area contributed by atoms with Crippen molar-refractivity contribution >= 4 is 27.5 Å². The predicted octanol–water partition coefficient (Wildman–Crippen LogP) is 3.78. The molecule has 0 unspecified atom stereocenters. The Morgan fingerprint density at radius 2 is 1.61 bits per heavy atom. The first kappa shape index (κ1) is 17.9. The average molecular weight is 392 g/mol. The molecule has 6 nitrogen and oxygen atoms in total. The van der Waals surface area contributed by atoms with Crippen LogP contribution >= 0.6 is 0 Å². The molecule has 7 heteroatoms. The number of amidine groups is 1. The molecule has 0 aliphatic carbocycles. The molecular formula is C21H16N2O4S. The maximum Gasteiger partial charge on any atom is 0.343 e. The molecule has 0 bridgehead atoms. The van der Waals surface area contributed by atoms with Crippen molar-refractivity contribution in [2.45, 2.75) is 11.8 Å². The second kappa shape index (κ2) is 6.94. The van der Waals surface area contributed by atoms with E-state index in [4.69, 9.17) is 4.74 Å². The van der Waals surface area contributed by atoms with Crippen LogP contribution < -0.4 is 10.1 Å². The Morgan fingerprint density at radius 1 is 0.929 bits per heavy atom. The number of rotatable bonds is 3. The number of para-hydroxylation sites is 2. The number of hydrogen-bond acceptors (Lipinski definition) is 5. The van der Waals surface area contributed by atoms with Crippen molar-refractivity contribution in [3.05, 3.63) is 89.5 Å². The Kier molecular flexibility index (Phi) is 4.44. The van der Waals surface area contributed by atoms with E-state index in [1.807, 2.05) is 19.1 Å².